The van der Waals surface area contributed by atoms with Crippen molar-refractivity contribution >= 4 is 17.9 Å². The molecule has 0 aromatic rings. The number of likely N-dealkylation sites (N-methyl/N-ethyl adjacent to an activating group) is 1. The van der Waals surface area contributed by atoms with Gasteiger partial charge in [-0.05, 0) is 89.9 Å². The van der Waals surface area contributed by atoms with Crippen molar-refractivity contribution in [2.45, 2.75) is 219 Å². The molecule has 0 amide bonds. The summed E-state index contributed by atoms with van der Waals surface area (Å²) >= 11 is 0. The SMILES string of the molecule is CC/C=C\C/C=C\C/C=C\C/C=C\CCCCCCCCCCCCC(=O)OC(COC(=O)CCCCCCCC/C=C\C/C=C\C/C=C\CCCCC)COC(OCC[N+](C)(C)C)C(=O)[O-]. The highest BCUT2D eigenvalue weighted by molar-refractivity contribution is 5.70. The molecule has 0 heterocycles. The number of aliphatic carboxylic acids is 1. The molecule has 0 saturated carbocycles. The Balaban J connectivity index is 4.35. The van der Waals surface area contributed by atoms with E-state index in [-0.39, 0.29) is 38.6 Å². The van der Waals surface area contributed by atoms with Crippen LogP contribution in [-0.2, 0) is 33.3 Å². The molecule has 2 atom stereocenters. The van der Waals surface area contributed by atoms with Crippen molar-refractivity contribution in [3.63, 3.8) is 0 Å². The molecule has 0 aliphatic heterocycles. The quantitative estimate of drug-likeness (QED) is 0.0195. The van der Waals surface area contributed by atoms with E-state index in [0.717, 1.165) is 96.3 Å². The van der Waals surface area contributed by atoms with E-state index in [9.17, 15) is 19.5 Å². The lowest BCUT2D eigenvalue weighted by atomic mass is 10.0. The van der Waals surface area contributed by atoms with E-state index >= 15 is 0 Å². The van der Waals surface area contributed by atoms with Crippen molar-refractivity contribution in [1.29, 1.82) is 0 Å². The number of nitrogens with zero attached hydrogens (tertiary/aromatic N) is 1. The van der Waals surface area contributed by atoms with Gasteiger partial charge in [0.1, 0.15) is 13.2 Å². The van der Waals surface area contributed by atoms with E-state index in [1.54, 1.807) is 0 Å². The number of allylic oxidation sites excluding steroid dienone is 14. The highest BCUT2D eigenvalue weighted by atomic mass is 16.7. The maximum absolute atomic E-state index is 12.8. The summed E-state index contributed by atoms with van der Waals surface area (Å²) in [6.07, 6.45) is 60.4. The molecule has 0 aliphatic rings. The molecule has 0 N–H and O–H groups in total. The van der Waals surface area contributed by atoms with Crippen LogP contribution >= 0.6 is 0 Å². The van der Waals surface area contributed by atoms with Crippen LogP contribution in [0.3, 0.4) is 0 Å². The van der Waals surface area contributed by atoms with Crippen LogP contribution in [0.25, 0.3) is 0 Å². The van der Waals surface area contributed by atoms with E-state index < -0.39 is 24.3 Å². The third-order valence-electron chi connectivity index (χ3n) is 11.1. The normalized spacial score (nSPS) is 13.5. The van der Waals surface area contributed by atoms with Crippen LogP contribution in [0.5, 0.6) is 0 Å². The standard InChI is InChI=1S/C58H99NO8/c1-6-8-10-12-14-16-18-20-22-24-26-27-28-29-31-33-35-37-39-41-43-45-47-49-56(61)67-54(53-66-58(57(62)63)64-51-50-59(3,4)5)52-65-55(60)48-46-44-42-40-38-36-34-32-30-25-23-21-19-17-15-13-11-9-7-2/h8,10,14-17,20-23,26-27,30,32,54,58H,6-7,9,11-13,18-19,24-25,28-29,31,33-53H2,1-5H3/b10-8-,16-14-,17-15-,22-20-,23-21-,27-26-,32-30-. The Labute approximate surface area is 410 Å². The first-order valence-electron chi connectivity index (χ1n) is 26.7. The molecule has 0 aromatic heterocycles. The van der Waals surface area contributed by atoms with Crippen LogP contribution in [0.2, 0.25) is 0 Å². The Morgan fingerprint density at radius 1 is 0.463 bits per heavy atom. The fourth-order valence-electron chi connectivity index (χ4n) is 7.00. The second-order valence-corrected chi connectivity index (χ2v) is 18.8. The first kappa shape index (κ1) is 63.5. The van der Waals surface area contributed by atoms with Crippen molar-refractivity contribution in [1.82, 2.24) is 0 Å². The molecule has 9 nitrogen and oxygen atoms in total. The summed E-state index contributed by atoms with van der Waals surface area (Å²) in [5, 5.41) is 11.8. The molecule has 0 spiro atoms. The number of esters is 2. The van der Waals surface area contributed by atoms with Gasteiger partial charge in [0.05, 0.1) is 40.3 Å². The Morgan fingerprint density at radius 3 is 1.27 bits per heavy atom. The Kier molecular flexibility index (Phi) is 46.3. The Hall–Kier alpha value is -3.53. The summed E-state index contributed by atoms with van der Waals surface area (Å²) in [5.41, 5.74) is 0. The minimum atomic E-state index is -1.63. The van der Waals surface area contributed by atoms with Crippen LogP contribution in [0, 0.1) is 0 Å². The van der Waals surface area contributed by atoms with Crippen molar-refractivity contribution in [3.05, 3.63) is 85.1 Å². The molecule has 0 aliphatic carbocycles. The molecule has 0 rings (SSSR count). The molecule has 384 valence electrons. The van der Waals surface area contributed by atoms with Crippen molar-refractivity contribution in [2.75, 3.05) is 47.5 Å². The summed E-state index contributed by atoms with van der Waals surface area (Å²) in [6.45, 7) is 4.58. The summed E-state index contributed by atoms with van der Waals surface area (Å²) in [4.78, 5) is 37.2. The van der Waals surface area contributed by atoms with E-state index in [1.807, 2.05) is 21.1 Å². The highest BCUT2D eigenvalue weighted by Gasteiger charge is 2.22. The van der Waals surface area contributed by atoms with Gasteiger partial charge in [-0.1, -0.05) is 189 Å². The lowest BCUT2D eigenvalue weighted by Gasteiger charge is -2.26. The number of carbonyl (C=O) groups excluding carboxylic acids is 3. The molecule has 0 aromatic carbocycles. The third kappa shape index (κ3) is 50.2. The molecule has 2 unspecified atom stereocenters. The molecular weight excluding hydrogens is 839 g/mol. The van der Waals surface area contributed by atoms with Gasteiger partial charge in [-0.25, -0.2) is 0 Å². The van der Waals surface area contributed by atoms with Crippen LogP contribution < -0.4 is 5.11 Å². The van der Waals surface area contributed by atoms with Crippen molar-refractivity contribution < 1.29 is 42.9 Å². The number of unbranched alkanes of at least 4 members (excludes halogenated alkanes) is 19. The molecular formula is C58H99NO8. The number of quaternary nitrogens is 1. The van der Waals surface area contributed by atoms with Crippen molar-refractivity contribution in [2.24, 2.45) is 0 Å². The lowest BCUT2D eigenvalue weighted by Crippen LogP contribution is -2.44. The molecule has 9 heteroatoms. The van der Waals surface area contributed by atoms with E-state index in [0.29, 0.717) is 17.4 Å². The van der Waals surface area contributed by atoms with Gasteiger partial charge >= 0.3 is 11.9 Å². The lowest BCUT2D eigenvalue weighted by molar-refractivity contribution is -0.870. The number of carboxylic acids is 1. The summed E-state index contributed by atoms with van der Waals surface area (Å²) in [7, 11) is 5.91. The van der Waals surface area contributed by atoms with Crippen molar-refractivity contribution in [3.8, 4) is 0 Å². The number of rotatable bonds is 48. The number of hydrogen-bond donors (Lipinski definition) is 0. The van der Waals surface area contributed by atoms with Gasteiger partial charge in [0, 0.05) is 12.8 Å². The smallest absolute Gasteiger partial charge is 0.306 e. The summed E-state index contributed by atoms with van der Waals surface area (Å²) in [6, 6.07) is 0. The average Bonchev–Trinajstić information content (AvgIpc) is 3.29. The number of carboxylic acid groups (broad SMARTS) is 1. The Bertz CT molecular complexity index is 1370. The van der Waals surface area contributed by atoms with Gasteiger partial charge in [0.15, 0.2) is 12.4 Å². The van der Waals surface area contributed by atoms with E-state index in [4.69, 9.17) is 18.9 Å². The predicted octanol–water partition coefficient (Wildman–Crippen LogP) is 13.9. The van der Waals surface area contributed by atoms with Crippen LogP contribution in [0.15, 0.2) is 85.1 Å². The van der Waals surface area contributed by atoms with Crippen LogP contribution in [0.4, 0.5) is 0 Å². The molecule has 0 bridgehead atoms. The first-order chi connectivity index (χ1) is 32.6. The molecule has 67 heavy (non-hydrogen) atoms. The number of ether oxygens (including phenoxy) is 4. The summed E-state index contributed by atoms with van der Waals surface area (Å²) in [5.74, 6) is -2.31. The topological polar surface area (TPSA) is 111 Å². The highest BCUT2D eigenvalue weighted by Crippen LogP contribution is 2.14. The second kappa shape index (κ2) is 48.9. The second-order valence-electron chi connectivity index (χ2n) is 18.8. The fraction of sp³-hybridized carbons (Fsp3) is 0.707. The Morgan fingerprint density at radius 2 is 0.851 bits per heavy atom. The third-order valence-corrected chi connectivity index (χ3v) is 11.1. The van der Waals surface area contributed by atoms with E-state index in [2.05, 4.69) is 98.9 Å². The monoisotopic (exact) mass is 938 g/mol. The zero-order chi connectivity index (χ0) is 49.2. The number of hydrogen-bond acceptors (Lipinski definition) is 8. The molecule has 0 saturated heterocycles. The predicted molar refractivity (Wildman–Crippen MR) is 278 cm³/mol. The van der Waals surface area contributed by atoms with Gasteiger partial charge in [0.2, 0.25) is 0 Å². The van der Waals surface area contributed by atoms with Gasteiger partial charge in [0.25, 0.3) is 0 Å². The minimum absolute atomic E-state index is 0.140. The maximum Gasteiger partial charge on any atom is 0.306 e. The molecule has 0 radical (unpaired) electrons. The maximum atomic E-state index is 12.8. The van der Waals surface area contributed by atoms with Gasteiger partial charge in [-0.15, -0.1) is 0 Å². The van der Waals surface area contributed by atoms with Gasteiger partial charge < -0.3 is 33.3 Å². The van der Waals surface area contributed by atoms with Crippen LogP contribution in [-0.4, -0.2) is 82.3 Å². The van der Waals surface area contributed by atoms with Gasteiger partial charge in [-0.2, -0.15) is 0 Å². The van der Waals surface area contributed by atoms with Gasteiger partial charge in [-0.3, -0.25) is 9.59 Å². The zero-order valence-electron chi connectivity index (χ0n) is 43.5. The molecule has 0 fully saturated rings. The fourth-order valence-corrected chi connectivity index (χ4v) is 7.00. The zero-order valence-corrected chi connectivity index (χ0v) is 43.5. The first-order valence-corrected chi connectivity index (χ1v) is 26.7. The largest absolute Gasteiger partial charge is 0.545 e. The minimum Gasteiger partial charge on any atom is -0.545 e. The van der Waals surface area contributed by atoms with Crippen LogP contribution in [0.1, 0.15) is 206 Å². The average molecular weight is 938 g/mol. The summed E-state index contributed by atoms with van der Waals surface area (Å²) < 4.78 is 22.6. The van der Waals surface area contributed by atoms with E-state index in [1.165, 1.54) is 77.0 Å². The number of carbonyl (C=O) groups is 3.